The summed E-state index contributed by atoms with van der Waals surface area (Å²) in [6.07, 6.45) is -4.09. The molecule has 0 N–H and O–H groups in total. The van der Waals surface area contributed by atoms with Crippen LogP contribution in [0, 0.1) is 20.6 Å². The number of aryl methyl sites for hydroxylation is 1. The van der Waals surface area contributed by atoms with E-state index in [1.54, 1.807) is 0 Å². The molecule has 0 aromatic carbocycles. The van der Waals surface area contributed by atoms with Crippen LogP contribution < -0.4 is 4.74 Å². The molecule has 0 fully saturated rings. The number of hydrogen-bond acceptors (Lipinski definition) is 4. The molecular weight excluding hydrogens is 344 g/mol. The number of nitrogens with zero attached hydrogens (tertiary/aromatic N) is 2. The molecule has 0 aliphatic heterocycles. The smallest absolute Gasteiger partial charge is 0.403 e. The zero-order chi connectivity index (χ0) is 12.5. The minimum absolute atomic E-state index is 0.0314. The number of nitro groups is 1. The molecule has 0 aliphatic carbocycles. The Kier molecular flexibility index (Phi) is 3.55. The fraction of sp³-hybridized carbons (Fsp3) is 0.286. The van der Waals surface area contributed by atoms with Gasteiger partial charge in [-0.05, 0) is 29.5 Å². The summed E-state index contributed by atoms with van der Waals surface area (Å²) >= 11 is 1.42. The van der Waals surface area contributed by atoms with Crippen LogP contribution in [0.1, 0.15) is 5.69 Å². The second kappa shape index (κ2) is 4.39. The van der Waals surface area contributed by atoms with E-state index in [1.807, 2.05) is 0 Å². The molecule has 0 saturated carbocycles. The highest BCUT2D eigenvalue weighted by Gasteiger charge is 2.34. The zero-order valence-corrected chi connectivity index (χ0v) is 9.87. The molecule has 0 aliphatic rings. The van der Waals surface area contributed by atoms with Crippen molar-refractivity contribution in [3.8, 4) is 5.75 Å². The molecule has 0 saturated heterocycles. The topological polar surface area (TPSA) is 65.3 Å². The first-order chi connectivity index (χ1) is 7.22. The summed E-state index contributed by atoms with van der Waals surface area (Å²) in [5.74, 6) is -0.676. The highest BCUT2D eigenvalue weighted by molar-refractivity contribution is 14.1. The van der Waals surface area contributed by atoms with Gasteiger partial charge in [0.1, 0.15) is 9.26 Å². The summed E-state index contributed by atoms with van der Waals surface area (Å²) in [5, 5.41) is 10.6. The molecule has 16 heavy (non-hydrogen) atoms. The van der Waals surface area contributed by atoms with Gasteiger partial charge >= 0.3 is 12.0 Å². The molecule has 0 atom stereocenters. The Morgan fingerprint density at radius 1 is 1.56 bits per heavy atom. The summed E-state index contributed by atoms with van der Waals surface area (Å²) in [7, 11) is 0. The largest absolute Gasteiger partial charge is 0.573 e. The van der Waals surface area contributed by atoms with Crippen molar-refractivity contribution in [2.45, 2.75) is 13.3 Å². The van der Waals surface area contributed by atoms with Gasteiger partial charge < -0.3 is 4.74 Å². The third-order valence-corrected chi connectivity index (χ3v) is 2.59. The SMILES string of the molecule is Cc1ncc(OC(F)(F)F)c(I)c1[N+](=O)[O-]. The van der Waals surface area contributed by atoms with Gasteiger partial charge in [0.2, 0.25) is 0 Å². The van der Waals surface area contributed by atoms with Gasteiger partial charge in [0.05, 0.1) is 11.1 Å². The van der Waals surface area contributed by atoms with E-state index >= 15 is 0 Å². The molecule has 88 valence electrons. The van der Waals surface area contributed by atoms with Crippen molar-refractivity contribution in [1.82, 2.24) is 4.98 Å². The first kappa shape index (κ1) is 12.9. The summed E-state index contributed by atoms with van der Waals surface area (Å²) in [5.41, 5.74) is -0.453. The number of alkyl halides is 3. The first-order valence-electron chi connectivity index (χ1n) is 3.77. The zero-order valence-electron chi connectivity index (χ0n) is 7.71. The van der Waals surface area contributed by atoms with Crippen molar-refractivity contribution in [3.63, 3.8) is 0 Å². The standard InChI is InChI=1S/C7H4F3IN2O3/c1-3-6(13(14)15)5(11)4(2-12-3)16-7(8,9)10/h2H,1H3. The van der Waals surface area contributed by atoms with E-state index in [2.05, 4.69) is 9.72 Å². The lowest BCUT2D eigenvalue weighted by Gasteiger charge is -2.10. The van der Waals surface area contributed by atoms with E-state index in [4.69, 9.17) is 0 Å². The molecule has 0 radical (unpaired) electrons. The number of pyridine rings is 1. The third-order valence-electron chi connectivity index (χ3n) is 1.55. The van der Waals surface area contributed by atoms with Crippen LogP contribution in [0.3, 0.4) is 0 Å². The number of halogens is 4. The minimum atomic E-state index is -4.90. The average molecular weight is 348 g/mol. The lowest BCUT2D eigenvalue weighted by Crippen LogP contribution is -2.18. The quantitative estimate of drug-likeness (QED) is 0.468. The maximum atomic E-state index is 11.9. The maximum Gasteiger partial charge on any atom is 0.573 e. The summed E-state index contributed by atoms with van der Waals surface area (Å²) in [4.78, 5) is 13.3. The maximum absolute atomic E-state index is 11.9. The fourth-order valence-electron chi connectivity index (χ4n) is 0.957. The molecule has 5 nitrogen and oxygen atoms in total. The molecule has 0 unspecified atom stereocenters. The van der Waals surface area contributed by atoms with Gasteiger partial charge in [-0.1, -0.05) is 0 Å². The van der Waals surface area contributed by atoms with Gasteiger partial charge in [-0.15, -0.1) is 13.2 Å². The van der Waals surface area contributed by atoms with Crippen LogP contribution in [0.25, 0.3) is 0 Å². The molecule has 0 bridgehead atoms. The van der Waals surface area contributed by atoms with Crippen molar-refractivity contribution in [2.24, 2.45) is 0 Å². The van der Waals surface area contributed by atoms with Gasteiger partial charge in [0.25, 0.3) is 0 Å². The Morgan fingerprint density at radius 3 is 2.56 bits per heavy atom. The van der Waals surface area contributed by atoms with Crippen LogP contribution in [0.4, 0.5) is 18.9 Å². The first-order valence-corrected chi connectivity index (χ1v) is 4.85. The average Bonchev–Trinajstić information content (AvgIpc) is 2.07. The van der Waals surface area contributed by atoms with Crippen LogP contribution in [0.2, 0.25) is 0 Å². The number of aromatic nitrogens is 1. The molecule has 1 rings (SSSR count). The summed E-state index contributed by atoms with van der Waals surface area (Å²) < 4.78 is 39.2. The van der Waals surface area contributed by atoms with E-state index < -0.39 is 22.7 Å². The Hall–Kier alpha value is -1.13. The Morgan fingerprint density at radius 2 is 2.12 bits per heavy atom. The van der Waals surface area contributed by atoms with Gasteiger partial charge in [-0.2, -0.15) is 0 Å². The monoisotopic (exact) mass is 348 g/mol. The van der Waals surface area contributed by atoms with E-state index in [0.29, 0.717) is 0 Å². The highest BCUT2D eigenvalue weighted by atomic mass is 127. The lowest BCUT2D eigenvalue weighted by atomic mass is 10.3. The van der Waals surface area contributed by atoms with Gasteiger partial charge in [0.15, 0.2) is 5.75 Å². The second-order valence-electron chi connectivity index (χ2n) is 2.68. The molecular formula is C7H4F3IN2O3. The van der Waals surface area contributed by atoms with Crippen LogP contribution in [-0.4, -0.2) is 16.3 Å². The number of hydrogen-bond donors (Lipinski definition) is 0. The predicted molar refractivity (Wildman–Crippen MR) is 55.0 cm³/mol. The van der Waals surface area contributed by atoms with Gasteiger partial charge in [-0.25, -0.2) is 0 Å². The Labute approximate surface area is 101 Å². The van der Waals surface area contributed by atoms with E-state index in [1.165, 1.54) is 29.5 Å². The Bertz CT molecular complexity index is 436. The molecule has 0 amide bonds. The fourth-order valence-corrected chi connectivity index (χ4v) is 1.79. The summed E-state index contributed by atoms with van der Waals surface area (Å²) in [6.45, 7) is 1.33. The van der Waals surface area contributed by atoms with E-state index in [-0.39, 0.29) is 9.26 Å². The molecule has 0 spiro atoms. The van der Waals surface area contributed by atoms with Crippen LogP contribution in [-0.2, 0) is 0 Å². The Balaban J connectivity index is 3.24. The van der Waals surface area contributed by atoms with Crippen molar-refractivity contribution >= 4 is 28.3 Å². The number of ether oxygens (including phenoxy) is 1. The van der Waals surface area contributed by atoms with Crippen LogP contribution >= 0.6 is 22.6 Å². The van der Waals surface area contributed by atoms with E-state index in [0.717, 1.165) is 6.20 Å². The lowest BCUT2D eigenvalue weighted by molar-refractivity contribution is -0.387. The minimum Gasteiger partial charge on any atom is -0.403 e. The van der Waals surface area contributed by atoms with Crippen LogP contribution in [0.15, 0.2) is 6.20 Å². The molecule has 9 heteroatoms. The van der Waals surface area contributed by atoms with Gasteiger partial charge in [-0.3, -0.25) is 15.1 Å². The second-order valence-corrected chi connectivity index (χ2v) is 3.75. The third kappa shape index (κ3) is 2.93. The number of rotatable bonds is 2. The van der Waals surface area contributed by atoms with Crippen molar-refractivity contribution < 1.29 is 22.8 Å². The molecule has 1 aromatic rings. The highest BCUT2D eigenvalue weighted by Crippen LogP contribution is 2.34. The van der Waals surface area contributed by atoms with Crippen molar-refractivity contribution in [1.29, 1.82) is 0 Å². The van der Waals surface area contributed by atoms with Gasteiger partial charge in [0, 0.05) is 0 Å². The van der Waals surface area contributed by atoms with Crippen molar-refractivity contribution in [2.75, 3.05) is 0 Å². The summed E-state index contributed by atoms with van der Waals surface area (Å²) in [6, 6.07) is 0. The predicted octanol–water partition coefficient (Wildman–Crippen LogP) is 2.80. The van der Waals surface area contributed by atoms with Crippen molar-refractivity contribution in [3.05, 3.63) is 25.6 Å². The van der Waals surface area contributed by atoms with Crippen LogP contribution in [0.5, 0.6) is 5.75 Å². The normalized spacial score (nSPS) is 11.3. The van der Waals surface area contributed by atoms with E-state index in [9.17, 15) is 23.3 Å². The molecule has 1 heterocycles. The molecule has 1 aromatic heterocycles.